The van der Waals surface area contributed by atoms with Crippen LogP contribution in [0.5, 0.6) is 0 Å². The molecule has 0 aliphatic rings. The first-order valence-electron chi connectivity index (χ1n) is 6.67. The third kappa shape index (κ3) is 1.84. The van der Waals surface area contributed by atoms with Crippen molar-refractivity contribution in [3.8, 4) is 0 Å². The molecule has 0 aliphatic carbocycles. The Hall–Kier alpha value is -2.68. The number of para-hydroxylation sites is 2. The van der Waals surface area contributed by atoms with Crippen molar-refractivity contribution < 1.29 is 0 Å². The summed E-state index contributed by atoms with van der Waals surface area (Å²) in [6, 6.07) is 18.4. The molecular formula is C17H13N3. The molecule has 0 spiro atoms. The summed E-state index contributed by atoms with van der Waals surface area (Å²) >= 11 is 0. The van der Waals surface area contributed by atoms with Crippen LogP contribution >= 0.6 is 0 Å². The van der Waals surface area contributed by atoms with E-state index in [-0.39, 0.29) is 0 Å². The molecule has 4 aromatic rings. The molecule has 3 nitrogen and oxygen atoms in total. The molecule has 0 bridgehead atoms. The van der Waals surface area contributed by atoms with Crippen molar-refractivity contribution >= 4 is 22.2 Å². The Labute approximate surface area is 116 Å². The molecule has 0 amide bonds. The zero-order chi connectivity index (χ0) is 13.4. The van der Waals surface area contributed by atoms with Crippen LogP contribution in [0, 0.1) is 0 Å². The standard InChI is InChI=1S/C17H13N3/c1-2-6-12(7-3-1)10-13-11-18-17-16(13)19-14-8-4-5-9-15(14)20-17/h1-9,11H,10H2,(H,18,20). The molecule has 0 saturated heterocycles. The third-order valence-corrected chi connectivity index (χ3v) is 3.50. The van der Waals surface area contributed by atoms with Crippen molar-refractivity contribution in [2.45, 2.75) is 6.42 Å². The zero-order valence-corrected chi connectivity index (χ0v) is 10.9. The minimum atomic E-state index is 0.856. The van der Waals surface area contributed by atoms with Crippen molar-refractivity contribution in [3.05, 3.63) is 71.9 Å². The van der Waals surface area contributed by atoms with Gasteiger partial charge in [0.25, 0.3) is 0 Å². The fourth-order valence-corrected chi connectivity index (χ4v) is 2.50. The van der Waals surface area contributed by atoms with E-state index in [1.807, 2.05) is 36.5 Å². The van der Waals surface area contributed by atoms with Gasteiger partial charge in [-0.25, -0.2) is 9.97 Å². The maximum absolute atomic E-state index is 4.74. The lowest BCUT2D eigenvalue weighted by atomic mass is 10.1. The number of benzene rings is 2. The minimum Gasteiger partial charge on any atom is -0.344 e. The average molecular weight is 259 g/mol. The quantitative estimate of drug-likeness (QED) is 0.596. The summed E-state index contributed by atoms with van der Waals surface area (Å²) < 4.78 is 0. The molecule has 2 heterocycles. The smallest absolute Gasteiger partial charge is 0.157 e. The highest BCUT2D eigenvalue weighted by Crippen LogP contribution is 2.20. The van der Waals surface area contributed by atoms with Gasteiger partial charge in [0, 0.05) is 18.2 Å². The second kappa shape index (κ2) is 4.46. The van der Waals surface area contributed by atoms with Gasteiger partial charge in [0.2, 0.25) is 0 Å². The predicted molar refractivity (Wildman–Crippen MR) is 80.6 cm³/mol. The molecule has 0 atom stereocenters. The van der Waals surface area contributed by atoms with E-state index in [2.05, 4.69) is 34.2 Å². The second-order valence-electron chi connectivity index (χ2n) is 4.89. The number of nitrogens with one attached hydrogen (secondary N) is 1. The van der Waals surface area contributed by atoms with Crippen LogP contribution < -0.4 is 0 Å². The number of rotatable bonds is 2. The first-order chi connectivity index (χ1) is 9.90. The summed E-state index contributed by atoms with van der Waals surface area (Å²) in [6.45, 7) is 0. The van der Waals surface area contributed by atoms with Gasteiger partial charge in [0.05, 0.1) is 11.0 Å². The monoisotopic (exact) mass is 259 g/mol. The lowest BCUT2D eigenvalue weighted by molar-refractivity contribution is 1.20. The van der Waals surface area contributed by atoms with Crippen LogP contribution in [0.2, 0.25) is 0 Å². The second-order valence-corrected chi connectivity index (χ2v) is 4.89. The van der Waals surface area contributed by atoms with E-state index in [0.717, 1.165) is 28.6 Å². The zero-order valence-electron chi connectivity index (χ0n) is 10.9. The van der Waals surface area contributed by atoms with E-state index in [9.17, 15) is 0 Å². The Morgan fingerprint density at radius 1 is 0.800 bits per heavy atom. The number of nitrogens with zero attached hydrogens (tertiary/aromatic N) is 2. The molecule has 0 saturated carbocycles. The fourth-order valence-electron chi connectivity index (χ4n) is 2.50. The van der Waals surface area contributed by atoms with Crippen molar-refractivity contribution in [1.29, 1.82) is 0 Å². The first kappa shape index (κ1) is 11.2. The highest BCUT2D eigenvalue weighted by Gasteiger charge is 2.08. The van der Waals surface area contributed by atoms with Gasteiger partial charge in [0.15, 0.2) is 5.65 Å². The average Bonchev–Trinajstić information content (AvgIpc) is 2.88. The summed E-state index contributed by atoms with van der Waals surface area (Å²) in [5, 5.41) is 0. The summed E-state index contributed by atoms with van der Waals surface area (Å²) in [5.41, 5.74) is 6.15. The Kier molecular flexibility index (Phi) is 2.49. The van der Waals surface area contributed by atoms with E-state index in [4.69, 9.17) is 4.98 Å². The van der Waals surface area contributed by atoms with Crippen LogP contribution in [-0.2, 0) is 6.42 Å². The van der Waals surface area contributed by atoms with Gasteiger partial charge in [-0.2, -0.15) is 0 Å². The molecule has 2 aromatic heterocycles. The van der Waals surface area contributed by atoms with Crippen molar-refractivity contribution in [2.24, 2.45) is 0 Å². The van der Waals surface area contributed by atoms with Gasteiger partial charge in [-0.1, -0.05) is 42.5 Å². The fraction of sp³-hybridized carbons (Fsp3) is 0.0588. The molecule has 1 N–H and O–H groups in total. The van der Waals surface area contributed by atoms with Crippen LogP contribution in [0.4, 0.5) is 0 Å². The Morgan fingerprint density at radius 3 is 2.30 bits per heavy atom. The van der Waals surface area contributed by atoms with Crippen LogP contribution in [0.3, 0.4) is 0 Å². The summed E-state index contributed by atoms with van der Waals surface area (Å²) in [5.74, 6) is 0. The Balaban J connectivity index is 1.86. The van der Waals surface area contributed by atoms with Gasteiger partial charge in [-0.05, 0) is 17.7 Å². The summed E-state index contributed by atoms with van der Waals surface area (Å²) in [4.78, 5) is 12.6. The summed E-state index contributed by atoms with van der Waals surface area (Å²) in [7, 11) is 0. The third-order valence-electron chi connectivity index (χ3n) is 3.50. The number of hydrogen-bond donors (Lipinski definition) is 1. The molecule has 2 aromatic carbocycles. The Bertz CT molecular complexity index is 878. The minimum absolute atomic E-state index is 0.856. The molecular weight excluding hydrogens is 246 g/mol. The molecule has 0 radical (unpaired) electrons. The van der Waals surface area contributed by atoms with Crippen molar-refractivity contribution in [2.75, 3.05) is 0 Å². The highest BCUT2D eigenvalue weighted by molar-refractivity contribution is 5.86. The maximum atomic E-state index is 4.74. The molecule has 0 fully saturated rings. The van der Waals surface area contributed by atoms with E-state index in [1.165, 1.54) is 11.1 Å². The lowest BCUT2D eigenvalue weighted by Crippen LogP contribution is -1.89. The molecule has 3 heteroatoms. The lowest BCUT2D eigenvalue weighted by Gasteiger charge is -2.00. The number of aromatic amines is 1. The molecule has 0 aliphatic heterocycles. The number of aromatic nitrogens is 3. The SMILES string of the molecule is c1ccc(Cc2c[nH]c3nc4ccccc4nc23)cc1. The predicted octanol–water partition coefficient (Wildman–Crippen LogP) is 3.70. The van der Waals surface area contributed by atoms with Gasteiger partial charge >= 0.3 is 0 Å². The largest absolute Gasteiger partial charge is 0.344 e. The molecule has 96 valence electrons. The maximum Gasteiger partial charge on any atom is 0.157 e. The topological polar surface area (TPSA) is 41.6 Å². The normalized spacial score (nSPS) is 11.2. The van der Waals surface area contributed by atoms with Gasteiger partial charge in [-0.3, -0.25) is 0 Å². The molecule has 0 unspecified atom stereocenters. The van der Waals surface area contributed by atoms with Crippen LogP contribution in [0.25, 0.3) is 22.2 Å². The Morgan fingerprint density at radius 2 is 1.50 bits per heavy atom. The van der Waals surface area contributed by atoms with Gasteiger partial charge in [-0.15, -0.1) is 0 Å². The van der Waals surface area contributed by atoms with E-state index in [1.54, 1.807) is 0 Å². The van der Waals surface area contributed by atoms with E-state index < -0.39 is 0 Å². The van der Waals surface area contributed by atoms with E-state index >= 15 is 0 Å². The van der Waals surface area contributed by atoms with Gasteiger partial charge in [0.1, 0.15) is 5.52 Å². The molecule has 20 heavy (non-hydrogen) atoms. The number of fused-ring (bicyclic) bond motifs is 2. The number of H-pyrrole nitrogens is 1. The van der Waals surface area contributed by atoms with Crippen molar-refractivity contribution in [1.82, 2.24) is 15.0 Å². The van der Waals surface area contributed by atoms with Crippen LogP contribution in [0.1, 0.15) is 11.1 Å². The van der Waals surface area contributed by atoms with E-state index in [0.29, 0.717) is 0 Å². The van der Waals surface area contributed by atoms with Crippen LogP contribution in [0.15, 0.2) is 60.8 Å². The first-order valence-corrected chi connectivity index (χ1v) is 6.67. The summed E-state index contributed by atoms with van der Waals surface area (Å²) in [6.07, 6.45) is 2.88. The molecule has 4 rings (SSSR count). The van der Waals surface area contributed by atoms with Crippen molar-refractivity contribution in [3.63, 3.8) is 0 Å². The van der Waals surface area contributed by atoms with Gasteiger partial charge < -0.3 is 4.98 Å². The highest BCUT2D eigenvalue weighted by atomic mass is 14.9. The number of hydrogen-bond acceptors (Lipinski definition) is 2. The van der Waals surface area contributed by atoms with Crippen LogP contribution in [-0.4, -0.2) is 15.0 Å².